The molecule has 0 amide bonds. The third-order valence-electron chi connectivity index (χ3n) is 2.63. The SMILES string of the molecule is CCS(=O)(=O)CCNCC(O)c1ccccc1Cl. The Kier molecular flexibility index (Phi) is 6.08. The Morgan fingerprint density at radius 3 is 2.67 bits per heavy atom. The second kappa shape index (κ2) is 7.09. The molecule has 1 rings (SSSR count). The summed E-state index contributed by atoms with van der Waals surface area (Å²) in [6.07, 6.45) is -0.733. The van der Waals surface area contributed by atoms with E-state index in [1.165, 1.54) is 0 Å². The molecule has 0 spiro atoms. The second-order valence-corrected chi connectivity index (χ2v) is 6.86. The van der Waals surface area contributed by atoms with E-state index in [4.69, 9.17) is 11.6 Å². The fourth-order valence-electron chi connectivity index (χ4n) is 1.47. The van der Waals surface area contributed by atoms with Crippen molar-refractivity contribution in [2.75, 3.05) is 24.6 Å². The van der Waals surface area contributed by atoms with Crippen LogP contribution in [0.4, 0.5) is 0 Å². The van der Waals surface area contributed by atoms with Gasteiger partial charge in [-0.1, -0.05) is 36.7 Å². The van der Waals surface area contributed by atoms with E-state index in [1.807, 2.05) is 0 Å². The average Bonchev–Trinajstić information content (AvgIpc) is 2.35. The maximum Gasteiger partial charge on any atom is 0.151 e. The first-order chi connectivity index (χ1) is 8.46. The van der Waals surface area contributed by atoms with Gasteiger partial charge in [0.1, 0.15) is 0 Å². The highest BCUT2D eigenvalue weighted by molar-refractivity contribution is 7.91. The molecule has 0 bridgehead atoms. The highest BCUT2D eigenvalue weighted by Gasteiger charge is 2.11. The third-order valence-corrected chi connectivity index (χ3v) is 4.68. The van der Waals surface area contributed by atoms with Crippen molar-refractivity contribution in [3.8, 4) is 0 Å². The summed E-state index contributed by atoms with van der Waals surface area (Å²) in [4.78, 5) is 0. The molecule has 102 valence electrons. The van der Waals surface area contributed by atoms with E-state index < -0.39 is 15.9 Å². The van der Waals surface area contributed by atoms with Gasteiger partial charge in [0.25, 0.3) is 0 Å². The predicted molar refractivity (Wildman–Crippen MR) is 73.6 cm³/mol. The highest BCUT2D eigenvalue weighted by Crippen LogP contribution is 2.21. The molecule has 4 nitrogen and oxygen atoms in total. The molecule has 1 atom stereocenters. The van der Waals surface area contributed by atoms with Gasteiger partial charge in [-0.05, 0) is 6.07 Å². The summed E-state index contributed by atoms with van der Waals surface area (Å²) in [5, 5.41) is 13.3. The Labute approximate surface area is 113 Å². The van der Waals surface area contributed by atoms with Crippen LogP contribution in [-0.4, -0.2) is 38.1 Å². The number of aliphatic hydroxyl groups excluding tert-OH is 1. The lowest BCUT2D eigenvalue weighted by Gasteiger charge is -2.13. The molecule has 0 fully saturated rings. The molecule has 0 heterocycles. The van der Waals surface area contributed by atoms with Crippen molar-refractivity contribution in [2.24, 2.45) is 0 Å². The van der Waals surface area contributed by atoms with Crippen LogP contribution in [0, 0.1) is 0 Å². The van der Waals surface area contributed by atoms with Gasteiger partial charge in [0.2, 0.25) is 0 Å². The lowest BCUT2D eigenvalue weighted by atomic mass is 10.1. The first kappa shape index (κ1) is 15.4. The monoisotopic (exact) mass is 291 g/mol. The Bertz CT molecular complexity index is 476. The van der Waals surface area contributed by atoms with E-state index in [9.17, 15) is 13.5 Å². The van der Waals surface area contributed by atoms with Gasteiger partial charge < -0.3 is 10.4 Å². The smallest absolute Gasteiger partial charge is 0.151 e. The van der Waals surface area contributed by atoms with Gasteiger partial charge in [-0.3, -0.25) is 0 Å². The molecule has 6 heteroatoms. The first-order valence-corrected chi connectivity index (χ1v) is 8.00. The molecular weight excluding hydrogens is 274 g/mol. The fourth-order valence-corrected chi connectivity index (χ4v) is 2.47. The summed E-state index contributed by atoms with van der Waals surface area (Å²) in [7, 11) is -2.96. The Morgan fingerprint density at radius 2 is 2.06 bits per heavy atom. The summed E-state index contributed by atoms with van der Waals surface area (Å²) >= 11 is 5.94. The topological polar surface area (TPSA) is 66.4 Å². The second-order valence-electron chi connectivity index (χ2n) is 3.98. The van der Waals surface area contributed by atoms with Gasteiger partial charge in [0.15, 0.2) is 9.84 Å². The van der Waals surface area contributed by atoms with Crippen molar-refractivity contribution in [1.29, 1.82) is 0 Å². The minimum Gasteiger partial charge on any atom is -0.387 e. The summed E-state index contributed by atoms with van der Waals surface area (Å²) in [6.45, 7) is 2.23. The third kappa shape index (κ3) is 4.94. The standard InChI is InChI=1S/C12H18ClNO3S/c1-2-18(16,17)8-7-14-9-12(15)10-5-3-4-6-11(10)13/h3-6,12,14-15H,2,7-9H2,1H3. The van der Waals surface area contributed by atoms with Crippen molar-refractivity contribution in [3.63, 3.8) is 0 Å². The fraction of sp³-hybridized carbons (Fsp3) is 0.500. The van der Waals surface area contributed by atoms with E-state index in [-0.39, 0.29) is 18.1 Å². The number of rotatable bonds is 7. The molecule has 0 aliphatic carbocycles. The normalized spacial score (nSPS) is 13.5. The minimum atomic E-state index is -2.96. The molecule has 1 unspecified atom stereocenters. The van der Waals surface area contributed by atoms with Crippen LogP contribution in [0.25, 0.3) is 0 Å². The Morgan fingerprint density at radius 1 is 1.39 bits per heavy atom. The molecular formula is C12H18ClNO3S. The van der Waals surface area contributed by atoms with Gasteiger partial charge in [-0.2, -0.15) is 0 Å². The number of hydrogen-bond donors (Lipinski definition) is 2. The van der Waals surface area contributed by atoms with Gasteiger partial charge in [0.05, 0.1) is 11.9 Å². The summed E-state index contributed by atoms with van der Waals surface area (Å²) in [5.74, 6) is 0.223. The summed E-state index contributed by atoms with van der Waals surface area (Å²) in [5.41, 5.74) is 0.644. The van der Waals surface area contributed by atoms with Gasteiger partial charge >= 0.3 is 0 Å². The quantitative estimate of drug-likeness (QED) is 0.745. The number of halogens is 1. The molecule has 2 N–H and O–H groups in total. The zero-order valence-corrected chi connectivity index (χ0v) is 11.8. The largest absolute Gasteiger partial charge is 0.387 e. The molecule has 0 saturated carbocycles. The first-order valence-electron chi connectivity index (χ1n) is 5.80. The molecule has 1 aromatic carbocycles. The van der Waals surface area contributed by atoms with Crippen molar-refractivity contribution >= 4 is 21.4 Å². The zero-order chi connectivity index (χ0) is 13.6. The van der Waals surface area contributed by atoms with Gasteiger partial charge in [0, 0.05) is 29.4 Å². The summed E-state index contributed by atoms with van der Waals surface area (Å²) in [6, 6.07) is 7.05. The van der Waals surface area contributed by atoms with Crippen LogP contribution in [0.15, 0.2) is 24.3 Å². The molecule has 0 radical (unpaired) electrons. The van der Waals surface area contributed by atoms with Crippen molar-refractivity contribution < 1.29 is 13.5 Å². The van der Waals surface area contributed by atoms with E-state index in [0.29, 0.717) is 17.1 Å². The molecule has 0 aliphatic heterocycles. The van der Waals surface area contributed by atoms with Crippen LogP contribution in [0.1, 0.15) is 18.6 Å². The zero-order valence-electron chi connectivity index (χ0n) is 10.3. The predicted octanol–water partition coefficient (Wildman–Crippen LogP) is 1.40. The van der Waals surface area contributed by atoms with Crippen molar-refractivity contribution in [3.05, 3.63) is 34.9 Å². The Hall–Kier alpha value is -0.620. The van der Waals surface area contributed by atoms with E-state index >= 15 is 0 Å². The Balaban J connectivity index is 2.39. The van der Waals surface area contributed by atoms with Crippen LogP contribution in [-0.2, 0) is 9.84 Å². The van der Waals surface area contributed by atoms with Crippen LogP contribution >= 0.6 is 11.6 Å². The lowest BCUT2D eigenvalue weighted by molar-refractivity contribution is 0.176. The van der Waals surface area contributed by atoms with Crippen LogP contribution in [0.5, 0.6) is 0 Å². The summed E-state index contributed by atoms with van der Waals surface area (Å²) < 4.78 is 22.5. The highest BCUT2D eigenvalue weighted by atomic mass is 35.5. The molecule has 18 heavy (non-hydrogen) atoms. The minimum absolute atomic E-state index is 0.0821. The van der Waals surface area contributed by atoms with Crippen LogP contribution < -0.4 is 5.32 Å². The number of nitrogens with one attached hydrogen (secondary N) is 1. The van der Waals surface area contributed by atoms with Crippen LogP contribution in [0.3, 0.4) is 0 Å². The maximum absolute atomic E-state index is 11.2. The average molecular weight is 292 g/mol. The van der Waals surface area contributed by atoms with E-state index in [1.54, 1.807) is 31.2 Å². The number of hydrogen-bond acceptors (Lipinski definition) is 4. The van der Waals surface area contributed by atoms with E-state index in [2.05, 4.69) is 5.32 Å². The lowest BCUT2D eigenvalue weighted by Crippen LogP contribution is -2.27. The van der Waals surface area contributed by atoms with Gasteiger partial charge in [-0.25, -0.2) is 8.42 Å². The molecule has 1 aromatic rings. The van der Waals surface area contributed by atoms with Crippen LogP contribution in [0.2, 0.25) is 5.02 Å². The van der Waals surface area contributed by atoms with Crippen molar-refractivity contribution in [1.82, 2.24) is 5.32 Å². The maximum atomic E-state index is 11.2. The van der Waals surface area contributed by atoms with E-state index in [0.717, 1.165) is 0 Å². The number of aliphatic hydroxyl groups is 1. The molecule has 0 saturated heterocycles. The van der Waals surface area contributed by atoms with Gasteiger partial charge in [-0.15, -0.1) is 0 Å². The number of benzene rings is 1. The molecule has 0 aliphatic rings. The number of sulfone groups is 1. The molecule has 0 aromatic heterocycles. The van der Waals surface area contributed by atoms with Crippen molar-refractivity contribution in [2.45, 2.75) is 13.0 Å².